The Morgan fingerprint density at radius 3 is 3.06 bits per heavy atom. The van der Waals surface area contributed by atoms with E-state index in [9.17, 15) is 0 Å². The molecule has 0 aliphatic carbocycles. The zero-order valence-electron chi connectivity index (χ0n) is 8.71. The highest BCUT2D eigenvalue weighted by molar-refractivity contribution is 5.81. The van der Waals surface area contributed by atoms with Gasteiger partial charge in [0.1, 0.15) is 17.6 Å². The van der Waals surface area contributed by atoms with Crippen molar-refractivity contribution in [1.82, 2.24) is 19.9 Å². The highest BCUT2D eigenvalue weighted by Gasteiger charge is 2.06. The van der Waals surface area contributed by atoms with Gasteiger partial charge in [-0.25, -0.2) is 15.0 Å². The van der Waals surface area contributed by atoms with E-state index >= 15 is 0 Å². The van der Waals surface area contributed by atoms with Crippen LogP contribution in [0.4, 0.5) is 5.82 Å². The molecule has 7 heteroatoms. The minimum absolute atomic E-state index is 0.102. The van der Waals surface area contributed by atoms with E-state index in [-0.39, 0.29) is 5.95 Å². The van der Waals surface area contributed by atoms with E-state index < -0.39 is 0 Å². The summed E-state index contributed by atoms with van der Waals surface area (Å²) in [6, 6.07) is 3.17. The maximum atomic E-state index is 9.05. The quantitative estimate of drug-likeness (QED) is 0.627. The number of furan rings is 1. The molecule has 0 aromatic carbocycles. The lowest BCUT2D eigenvalue weighted by molar-refractivity contribution is 0.320. The van der Waals surface area contributed by atoms with E-state index in [2.05, 4.69) is 25.3 Å². The van der Waals surface area contributed by atoms with E-state index in [4.69, 9.17) is 9.52 Å². The van der Waals surface area contributed by atoms with Crippen LogP contribution in [-0.4, -0.2) is 25.0 Å². The molecule has 0 fully saturated rings. The van der Waals surface area contributed by atoms with E-state index in [0.717, 1.165) is 0 Å². The molecular weight excluding hydrogens is 222 g/mol. The summed E-state index contributed by atoms with van der Waals surface area (Å²) in [5.41, 5.74) is 1.34. The fourth-order valence-electron chi connectivity index (χ4n) is 1.53. The molecule has 3 heterocycles. The van der Waals surface area contributed by atoms with Crippen LogP contribution in [0.15, 0.2) is 29.2 Å². The van der Waals surface area contributed by atoms with Crippen molar-refractivity contribution in [3.05, 3.63) is 30.5 Å². The average Bonchev–Trinajstić information content (AvgIpc) is 2.94. The van der Waals surface area contributed by atoms with Gasteiger partial charge in [-0.15, -0.1) is 0 Å². The van der Waals surface area contributed by atoms with Crippen molar-refractivity contribution in [3.63, 3.8) is 0 Å². The van der Waals surface area contributed by atoms with E-state index in [1.807, 2.05) is 0 Å². The number of aromatic amines is 1. The number of aromatic hydroxyl groups is 1. The van der Waals surface area contributed by atoms with Gasteiger partial charge in [-0.2, -0.15) is 0 Å². The highest BCUT2D eigenvalue weighted by Crippen LogP contribution is 2.17. The van der Waals surface area contributed by atoms with Crippen molar-refractivity contribution in [3.8, 4) is 5.95 Å². The zero-order valence-corrected chi connectivity index (χ0v) is 8.71. The summed E-state index contributed by atoms with van der Waals surface area (Å²) >= 11 is 0. The summed E-state index contributed by atoms with van der Waals surface area (Å²) in [6.45, 7) is 0.416. The smallest absolute Gasteiger partial charge is 0.282 e. The first-order valence-electron chi connectivity index (χ1n) is 4.98. The van der Waals surface area contributed by atoms with Crippen LogP contribution in [0.3, 0.4) is 0 Å². The van der Waals surface area contributed by atoms with Gasteiger partial charge in [-0.05, 0) is 6.07 Å². The lowest BCUT2D eigenvalue weighted by atomic mass is 10.4. The molecule has 0 radical (unpaired) electrons. The molecule has 0 aliphatic heterocycles. The van der Waals surface area contributed by atoms with Crippen LogP contribution in [0.5, 0.6) is 5.95 Å². The molecule has 7 nitrogen and oxygen atoms in total. The number of nitrogens with one attached hydrogen (secondary N) is 2. The van der Waals surface area contributed by atoms with Crippen LogP contribution in [0, 0.1) is 0 Å². The Kier molecular flexibility index (Phi) is 2.14. The Bertz CT molecular complexity index is 645. The fourth-order valence-corrected chi connectivity index (χ4v) is 1.53. The van der Waals surface area contributed by atoms with Gasteiger partial charge in [-0.3, -0.25) is 0 Å². The Morgan fingerprint density at radius 2 is 2.24 bits per heavy atom. The molecule has 3 aromatic heterocycles. The lowest BCUT2D eigenvalue weighted by Gasteiger charge is -2.02. The minimum atomic E-state index is -0.102. The van der Waals surface area contributed by atoms with Crippen molar-refractivity contribution < 1.29 is 9.52 Å². The van der Waals surface area contributed by atoms with Crippen LogP contribution in [0.25, 0.3) is 11.2 Å². The topological polar surface area (TPSA) is 99.9 Å². The van der Waals surface area contributed by atoms with E-state index in [1.165, 1.54) is 12.4 Å². The van der Waals surface area contributed by atoms with Gasteiger partial charge >= 0.3 is 0 Å². The summed E-state index contributed by atoms with van der Waals surface area (Å²) in [4.78, 5) is 15.1. The van der Waals surface area contributed by atoms with Gasteiger partial charge in [-0.1, -0.05) is 0 Å². The van der Waals surface area contributed by atoms with Crippen molar-refractivity contribution in [2.45, 2.75) is 6.54 Å². The minimum Gasteiger partial charge on any atom is -0.481 e. The first-order valence-corrected chi connectivity index (χ1v) is 4.98. The summed E-state index contributed by atoms with van der Waals surface area (Å²) in [6.07, 6.45) is 3.01. The van der Waals surface area contributed by atoms with Gasteiger partial charge in [0.15, 0.2) is 11.5 Å². The van der Waals surface area contributed by atoms with E-state index in [1.54, 1.807) is 12.4 Å². The first-order chi connectivity index (χ1) is 8.33. The van der Waals surface area contributed by atoms with E-state index in [0.29, 0.717) is 29.3 Å². The standard InChI is InChI=1S/C10H9N5O2/c16-7-2-1-6(17-7)3-11-9-8-10(13-4-12-8)15-5-14-9/h1-2,4-5,16H,3H2,(H2,11,12,13,14,15). The van der Waals surface area contributed by atoms with Gasteiger partial charge in [0.25, 0.3) is 5.95 Å². The number of fused-ring (bicyclic) bond motifs is 1. The summed E-state index contributed by atoms with van der Waals surface area (Å²) in [5, 5.41) is 12.1. The first kappa shape index (κ1) is 9.64. The largest absolute Gasteiger partial charge is 0.481 e. The molecular formula is C10H9N5O2. The van der Waals surface area contributed by atoms with Crippen LogP contribution in [0.1, 0.15) is 5.76 Å². The SMILES string of the molecule is Oc1ccc(CNc2ncnc3[nH]cnc23)o1. The molecule has 0 bridgehead atoms. The maximum Gasteiger partial charge on any atom is 0.282 e. The predicted octanol–water partition coefficient (Wildman–Crippen LogP) is 1.26. The predicted molar refractivity (Wildman–Crippen MR) is 59.4 cm³/mol. The molecule has 3 rings (SSSR count). The third-order valence-electron chi connectivity index (χ3n) is 2.29. The number of hydrogen-bond acceptors (Lipinski definition) is 6. The normalized spacial score (nSPS) is 10.8. The zero-order chi connectivity index (χ0) is 11.7. The number of nitrogens with zero attached hydrogens (tertiary/aromatic N) is 3. The Balaban J connectivity index is 1.83. The van der Waals surface area contributed by atoms with Crippen LogP contribution < -0.4 is 5.32 Å². The van der Waals surface area contributed by atoms with Crippen LogP contribution in [0.2, 0.25) is 0 Å². The molecule has 17 heavy (non-hydrogen) atoms. The number of anilines is 1. The molecule has 3 N–H and O–H groups in total. The van der Waals surface area contributed by atoms with Gasteiger partial charge < -0.3 is 19.8 Å². The van der Waals surface area contributed by atoms with Crippen LogP contribution in [-0.2, 0) is 6.54 Å². The molecule has 0 spiro atoms. The molecule has 0 aliphatic rings. The summed E-state index contributed by atoms with van der Waals surface area (Å²) in [7, 11) is 0. The van der Waals surface area contributed by atoms with Crippen LogP contribution >= 0.6 is 0 Å². The molecule has 0 atom stereocenters. The average molecular weight is 231 g/mol. The maximum absolute atomic E-state index is 9.05. The van der Waals surface area contributed by atoms with Gasteiger partial charge in [0, 0.05) is 6.07 Å². The number of rotatable bonds is 3. The molecule has 0 amide bonds. The fraction of sp³-hybridized carbons (Fsp3) is 0.100. The molecule has 3 aromatic rings. The van der Waals surface area contributed by atoms with Gasteiger partial charge in [0.2, 0.25) is 0 Å². The second-order valence-corrected chi connectivity index (χ2v) is 3.42. The molecule has 0 saturated carbocycles. The van der Waals surface area contributed by atoms with Crippen molar-refractivity contribution in [2.75, 3.05) is 5.32 Å². The third kappa shape index (κ3) is 1.78. The number of H-pyrrole nitrogens is 1. The Hall–Kier alpha value is -2.57. The monoisotopic (exact) mass is 231 g/mol. The number of imidazole rings is 1. The number of aromatic nitrogens is 4. The van der Waals surface area contributed by atoms with Crippen molar-refractivity contribution in [2.24, 2.45) is 0 Å². The summed E-state index contributed by atoms with van der Waals surface area (Å²) < 4.78 is 5.02. The molecule has 0 saturated heterocycles. The number of hydrogen-bond donors (Lipinski definition) is 3. The second-order valence-electron chi connectivity index (χ2n) is 3.42. The van der Waals surface area contributed by atoms with Gasteiger partial charge in [0.05, 0.1) is 12.9 Å². The third-order valence-corrected chi connectivity index (χ3v) is 2.29. The Morgan fingerprint density at radius 1 is 1.29 bits per heavy atom. The molecule has 0 unspecified atom stereocenters. The van der Waals surface area contributed by atoms with Crippen molar-refractivity contribution >= 4 is 17.0 Å². The highest BCUT2D eigenvalue weighted by atomic mass is 16.5. The molecule has 86 valence electrons. The summed E-state index contributed by atoms with van der Waals surface area (Å²) in [5.74, 6) is 1.13. The van der Waals surface area contributed by atoms with Crippen molar-refractivity contribution in [1.29, 1.82) is 0 Å². The second kappa shape index (κ2) is 3.78. The lowest BCUT2D eigenvalue weighted by Crippen LogP contribution is -2.01. The Labute approximate surface area is 95.5 Å².